The minimum atomic E-state index is -0.989. The third-order valence-electron chi connectivity index (χ3n) is 3.48. The van der Waals surface area contributed by atoms with Gasteiger partial charge in [-0.1, -0.05) is 48.6 Å². The van der Waals surface area contributed by atoms with Gasteiger partial charge in [-0.2, -0.15) is 0 Å². The Morgan fingerprint density at radius 2 is 2.00 bits per heavy atom. The average molecular weight is 250 g/mol. The van der Waals surface area contributed by atoms with E-state index in [1.165, 1.54) is 0 Å². The molecule has 1 aromatic rings. The fourth-order valence-corrected chi connectivity index (χ4v) is 2.63. The van der Waals surface area contributed by atoms with Gasteiger partial charge in [0, 0.05) is 11.3 Å². The van der Waals surface area contributed by atoms with E-state index in [0.29, 0.717) is 6.42 Å². The maximum absolute atomic E-state index is 11.2. The summed E-state index contributed by atoms with van der Waals surface area (Å²) in [6, 6.07) is 9.93. The fraction of sp³-hybridized carbons (Fsp3) is 0.214. The summed E-state index contributed by atoms with van der Waals surface area (Å²) < 4.78 is 0. The standard InChI is InChI=1S/C14H12O2.K/c15-13(16)14-7-6-11(8-14)12(9-14)10-4-2-1-3-5-10;/h1-7,9,11H,8H2,(H,15,16);/q;+1/p-1. The molecule has 0 fully saturated rings. The normalized spacial score (nSPS) is 28.7. The van der Waals surface area contributed by atoms with E-state index in [9.17, 15) is 9.90 Å². The molecule has 0 amide bonds. The van der Waals surface area contributed by atoms with Gasteiger partial charge >= 0.3 is 51.4 Å². The van der Waals surface area contributed by atoms with E-state index in [4.69, 9.17) is 0 Å². The molecule has 0 saturated carbocycles. The van der Waals surface area contributed by atoms with Crippen LogP contribution in [0.3, 0.4) is 0 Å². The van der Waals surface area contributed by atoms with Crippen molar-refractivity contribution < 1.29 is 61.3 Å². The second-order valence-electron chi connectivity index (χ2n) is 4.46. The Morgan fingerprint density at radius 3 is 2.59 bits per heavy atom. The summed E-state index contributed by atoms with van der Waals surface area (Å²) in [4.78, 5) is 11.2. The molecule has 2 aliphatic rings. The molecule has 0 spiro atoms. The van der Waals surface area contributed by atoms with Gasteiger partial charge in [-0.15, -0.1) is 0 Å². The molecule has 2 bridgehead atoms. The molecule has 0 aromatic heterocycles. The number of rotatable bonds is 2. The van der Waals surface area contributed by atoms with Gasteiger partial charge in [-0.25, -0.2) is 0 Å². The fourth-order valence-electron chi connectivity index (χ4n) is 2.63. The second kappa shape index (κ2) is 4.82. The smallest absolute Gasteiger partial charge is 0.549 e. The van der Waals surface area contributed by atoms with Crippen LogP contribution in [0.15, 0.2) is 48.6 Å². The zero-order valence-electron chi connectivity index (χ0n) is 9.72. The first-order valence-corrected chi connectivity index (χ1v) is 5.40. The van der Waals surface area contributed by atoms with Crippen LogP contribution in [-0.2, 0) is 4.79 Å². The van der Waals surface area contributed by atoms with Crippen LogP contribution in [0.1, 0.15) is 12.0 Å². The van der Waals surface area contributed by atoms with Crippen molar-refractivity contribution in [2.24, 2.45) is 11.3 Å². The third-order valence-corrected chi connectivity index (χ3v) is 3.48. The minimum absolute atomic E-state index is 0. The van der Waals surface area contributed by atoms with Crippen LogP contribution in [-0.4, -0.2) is 5.97 Å². The van der Waals surface area contributed by atoms with E-state index in [1.807, 2.05) is 42.5 Å². The van der Waals surface area contributed by atoms with E-state index in [2.05, 4.69) is 0 Å². The number of fused-ring (bicyclic) bond motifs is 2. The van der Waals surface area contributed by atoms with E-state index >= 15 is 0 Å². The molecule has 2 aliphatic carbocycles. The van der Waals surface area contributed by atoms with E-state index in [-0.39, 0.29) is 57.3 Å². The summed E-state index contributed by atoms with van der Waals surface area (Å²) in [5.74, 6) is -0.752. The van der Waals surface area contributed by atoms with Crippen molar-refractivity contribution in [2.75, 3.05) is 0 Å². The SMILES string of the molecule is O=C([O-])C12C=CC(C1)C(c1ccccc1)=C2.[K+]. The maximum atomic E-state index is 11.2. The monoisotopic (exact) mass is 250 g/mol. The maximum Gasteiger partial charge on any atom is 1.00 e. The number of hydrogen-bond acceptors (Lipinski definition) is 2. The molecule has 80 valence electrons. The van der Waals surface area contributed by atoms with Crippen molar-refractivity contribution in [3.63, 3.8) is 0 Å². The van der Waals surface area contributed by atoms with Crippen LogP contribution < -0.4 is 56.5 Å². The van der Waals surface area contributed by atoms with E-state index in [0.717, 1.165) is 11.1 Å². The van der Waals surface area contributed by atoms with Crippen LogP contribution in [0.25, 0.3) is 5.57 Å². The van der Waals surface area contributed by atoms with Crippen LogP contribution in [0, 0.1) is 11.3 Å². The Hall–Kier alpha value is -0.194. The van der Waals surface area contributed by atoms with Crippen molar-refractivity contribution in [3.05, 3.63) is 54.1 Å². The first-order chi connectivity index (χ1) is 7.71. The summed E-state index contributed by atoms with van der Waals surface area (Å²) >= 11 is 0. The average Bonchev–Trinajstić information content (AvgIpc) is 2.89. The van der Waals surface area contributed by atoms with Crippen molar-refractivity contribution in [1.82, 2.24) is 0 Å². The molecule has 0 radical (unpaired) electrons. The molecule has 2 unspecified atom stereocenters. The van der Waals surface area contributed by atoms with Crippen LogP contribution in [0.2, 0.25) is 0 Å². The zero-order chi connectivity index (χ0) is 11.2. The van der Waals surface area contributed by atoms with Crippen molar-refractivity contribution in [2.45, 2.75) is 6.42 Å². The largest absolute Gasteiger partial charge is 1.00 e. The van der Waals surface area contributed by atoms with Gasteiger partial charge in [0.05, 0.1) is 5.97 Å². The molecule has 0 N–H and O–H groups in total. The molecular weight excluding hydrogens is 239 g/mol. The van der Waals surface area contributed by atoms with Crippen LogP contribution >= 0.6 is 0 Å². The predicted molar refractivity (Wildman–Crippen MR) is 59.1 cm³/mol. The molecule has 0 aliphatic heterocycles. The van der Waals surface area contributed by atoms with Crippen molar-refractivity contribution >= 4 is 11.5 Å². The Bertz CT molecular complexity index is 504. The number of carboxylic acids is 1. The second-order valence-corrected chi connectivity index (χ2v) is 4.46. The molecule has 1 aromatic carbocycles. The topological polar surface area (TPSA) is 40.1 Å². The molecular formula is C14H11KO2. The van der Waals surface area contributed by atoms with E-state index in [1.54, 1.807) is 6.08 Å². The molecule has 17 heavy (non-hydrogen) atoms. The first kappa shape index (κ1) is 13.2. The quantitative estimate of drug-likeness (QED) is 0.468. The van der Waals surface area contributed by atoms with Gasteiger partial charge in [0.15, 0.2) is 0 Å². The molecule has 3 rings (SSSR count). The van der Waals surface area contributed by atoms with Gasteiger partial charge in [0.1, 0.15) is 0 Å². The molecule has 3 heteroatoms. The van der Waals surface area contributed by atoms with Crippen LogP contribution in [0.4, 0.5) is 0 Å². The summed E-state index contributed by atoms with van der Waals surface area (Å²) in [6.45, 7) is 0. The van der Waals surface area contributed by atoms with Crippen molar-refractivity contribution in [3.8, 4) is 0 Å². The molecule has 2 atom stereocenters. The zero-order valence-corrected chi connectivity index (χ0v) is 12.8. The van der Waals surface area contributed by atoms with Crippen LogP contribution in [0.5, 0.6) is 0 Å². The summed E-state index contributed by atoms with van der Waals surface area (Å²) in [7, 11) is 0. The molecule has 0 heterocycles. The number of hydrogen-bond donors (Lipinski definition) is 0. The van der Waals surface area contributed by atoms with Gasteiger partial charge in [-0.05, 0) is 17.6 Å². The predicted octanol–water partition coefficient (Wildman–Crippen LogP) is -1.60. The Morgan fingerprint density at radius 1 is 1.29 bits per heavy atom. The van der Waals surface area contributed by atoms with Gasteiger partial charge in [0.2, 0.25) is 0 Å². The molecule has 2 nitrogen and oxygen atoms in total. The first-order valence-electron chi connectivity index (χ1n) is 5.40. The van der Waals surface area contributed by atoms with E-state index < -0.39 is 11.4 Å². The summed E-state index contributed by atoms with van der Waals surface area (Å²) in [6.07, 6.45) is 6.22. The van der Waals surface area contributed by atoms with Gasteiger partial charge < -0.3 is 9.90 Å². The number of allylic oxidation sites excluding steroid dienone is 2. The number of carboxylic acid groups (broad SMARTS) is 1. The van der Waals surface area contributed by atoms with Gasteiger partial charge in [0.25, 0.3) is 0 Å². The summed E-state index contributed by atoms with van der Waals surface area (Å²) in [5.41, 5.74) is 1.38. The Labute approximate surface area is 143 Å². The number of aliphatic carboxylic acids is 1. The number of benzene rings is 1. The minimum Gasteiger partial charge on any atom is -0.549 e. The number of carbonyl (C=O) groups is 1. The third kappa shape index (κ3) is 2.11. The summed E-state index contributed by atoms with van der Waals surface area (Å²) in [5, 5.41) is 11.2. The Balaban J connectivity index is 0.00000108. The Kier molecular flexibility index (Phi) is 3.76. The van der Waals surface area contributed by atoms with Crippen molar-refractivity contribution in [1.29, 1.82) is 0 Å². The molecule has 0 saturated heterocycles. The van der Waals surface area contributed by atoms with Gasteiger partial charge in [-0.3, -0.25) is 0 Å². The number of carbonyl (C=O) groups excluding carboxylic acids is 1.